The first-order valence-electron chi connectivity index (χ1n) is 6.87. The molecule has 1 unspecified atom stereocenters. The normalized spacial score (nSPS) is 19.5. The van der Waals surface area contributed by atoms with E-state index in [4.69, 9.17) is 4.74 Å². The van der Waals surface area contributed by atoms with Crippen molar-refractivity contribution in [3.05, 3.63) is 40.9 Å². The van der Waals surface area contributed by atoms with Gasteiger partial charge in [0.1, 0.15) is 12.4 Å². The molecule has 2 aromatic carbocycles. The molecular formula is C16H18BrNO. The van der Waals surface area contributed by atoms with Gasteiger partial charge in [0, 0.05) is 10.5 Å². The molecule has 0 aromatic heterocycles. The van der Waals surface area contributed by atoms with Crippen molar-refractivity contribution in [2.45, 2.75) is 25.3 Å². The Balaban J connectivity index is 1.69. The number of benzene rings is 2. The topological polar surface area (TPSA) is 21.3 Å². The minimum absolute atomic E-state index is 0.509. The molecule has 2 nitrogen and oxygen atoms in total. The first-order valence-corrected chi connectivity index (χ1v) is 7.66. The molecule has 1 N–H and O–H groups in total. The van der Waals surface area contributed by atoms with Gasteiger partial charge in [-0.15, -0.1) is 0 Å². The maximum atomic E-state index is 5.91. The molecule has 0 saturated carbocycles. The Morgan fingerprint density at radius 1 is 1.11 bits per heavy atom. The minimum atomic E-state index is 0.509. The molecule has 2 aromatic rings. The highest BCUT2D eigenvalue weighted by molar-refractivity contribution is 9.10. The first kappa shape index (κ1) is 12.9. The van der Waals surface area contributed by atoms with Gasteiger partial charge in [0.05, 0.1) is 0 Å². The van der Waals surface area contributed by atoms with Crippen molar-refractivity contribution in [3.8, 4) is 5.75 Å². The number of nitrogens with one attached hydrogen (secondary N) is 1. The molecule has 0 radical (unpaired) electrons. The molecule has 0 amide bonds. The maximum Gasteiger partial charge on any atom is 0.120 e. The molecule has 0 aliphatic carbocycles. The number of ether oxygens (including phenoxy) is 1. The Bertz CT molecular complexity index is 564. The summed E-state index contributed by atoms with van der Waals surface area (Å²) in [6.07, 6.45) is 3.83. The van der Waals surface area contributed by atoms with Crippen molar-refractivity contribution >= 4 is 26.7 Å². The average molecular weight is 320 g/mol. The van der Waals surface area contributed by atoms with Gasteiger partial charge in [-0.05, 0) is 54.4 Å². The monoisotopic (exact) mass is 319 g/mol. The van der Waals surface area contributed by atoms with Crippen LogP contribution in [0.5, 0.6) is 5.75 Å². The second-order valence-corrected chi connectivity index (χ2v) is 6.03. The molecule has 19 heavy (non-hydrogen) atoms. The lowest BCUT2D eigenvalue weighted by molar-refractivity contribution is 0.239. The van der Waals surface area contributed by atoms with Crippen LogP contribution in [0.2, 0.25) is 0 Å². The van der Waals surface area contributed by atoms with Crippen LogP contribution in [0.15, 0.2) is 40.9 Å². The summed E-state index contributed by atoms with van der Waals surface area (Å²) in [4.78, 5) is 0. The van der Waals surface area contributed by atoms with E-state index in [2.05, 4.69) is 57.6 Å². The molecule has 1 aliphatic heterocycles. The molecule has 0 bridgehead atoms. The SMILES string of the molecule is Brc1ccc2cc(OCC3CCCCN3)ccc2c1. The van der Waals surface area contributed by atoms with Crippen molar-refractivity contribution in [3.63, 3.8) is 0 Å². The van der Waals surface area contributed by atoms with Crippen molar-refractivity contribution in [2.24, 2.45) is 0 Å². The molecule has 3 rings (SSSR count). The Kier molecular flexibility index (Phi) is 4.04. The predicted octanol–water partition coefficient (Wildman–Crippen LogP) is 4.12. The fraction of sp³-hybridized carbons (Fsp3) is 0.375. The van der Waals surface area contributed by atoms with E-state index in [9.17, 15) is 0 Å². The van der Waals surface area contributed by atoms with Crippen LogP contribution < -0.4 is 10.1 Å². The zero-order valence-corrected chi connectivity index (χ0v) is 12.4. The van der Waals surface area contributed by atoms with E-state index < -0.39 is 0 Å². The van der Waals surface area contributed by atoms with Crippen LogP contribution in [-0.4, -0.2) is 19.2 Å². The number of hydrogen-bond acceptors (Lipinski definition) is 2. The van der Waals surface area contributed by atoms with Crippen molar-refractivity contribution < 1.29 is 4.74 Å². The van der Waals surface area contributed by atoms with Gasteiger partial charge in [0.15, 0.2) is 0 Å². The van der Waals surface area contributed by atoms with Gasteiger partial charge >= 0.3 is 0 Å². The quantitative estimate of drug-likeness (QED) is 0.918. The van der Waals surface area contributed by atoms with Gasteiger partial charge < -0.3 is 10.1 Å². The summed E-state index contributed by atoms with van der Waals surface area (Å²) in [5.74, 6) is 0.960. The third kappa shape index (κ3) is 3.28. The van der Waals surface area contributed by atoms with E-state index >= 15 is 0 Å². The molecule has 1 aliphatic rings. The largest absolute Gasteiger partial charge is 0.492 e. The lowest BCUT2D eigenvalue weighted by Crippen LogP contribution is -2.38. The average Bonchev–Trinajstić information content (AvgIpc) is 2.46. The van der Waals surface area contributed by atoms with Crippen LogP contribution in [0.1, 0.15) is 19.3 Å². The van der Waals surface area contributed by atoms with E-state index in [1.54, 1.807) is 0 Å². The zero-order chi connectivity index (χ0) is 13.1. The predicted molar refractivity (Wildman–Crippen MR) is 82.8 cm³/mol. The maximum absolute atomic E-state index is 5.91. The molecule has 1 saturated heterocycles. The lowest BCUT2D eigenvalue weighted by atomic mass is 10.1. The summed E-state index contributed by atoms with van der Waals surface area (Å²) >= 11 is 3.49. The molecule has 3 heteroatoms. The molecule has 0 spiro atoms. The molecular weight excluding hydrogens is 302 g/mol. The van der Waals surface area contributed by atoms with Crippen LogP contribution in [0, 0.1) is 0 Å². The standard InChI is InChI=1S/C16H18BrNO/c17-14-6-4-13-10-16(7-5-12(13)9-14)19-11-15-3-1-2-8-18-15/h4-7,9-10,15,18H,1-3,8,11H2. The first-order chi connectivity index (χ1) is 9.31. The Labute approximate surface area is 122 Å². The van der Waals surface area contributed by atoms with Gasteiger partial charge in [-0.25, -0.2) is 0 Å². The highest BCUT2D eigenvalue weighted by Gasteiger charge is 2.12. The van der Waals surface area contributed by atoms with E-state index in [1.807, 2.05) is 0 Å². The van der Waals surface area contributed by atoms with Crippen LogP contribution >= 0.6 is 15.9 Å². The third-order valence-electron chi connectivity index (χ3n) is 3.64. The van der Waals surface area contributed by atoms with Gasteiger partial charge in [-0.2, -0.15) is 0 Å². The smallest absolute Gasteiger partial charge is 0.120 e. The van der Waals surface area contributed by atoms with E-state index in [0.29, 0.717) is 6.04 Å². The lowest BCUT2D eigenvalue weighted by Gasteiger charge is -2.23. The second-order valence-electron chi connectivity index (χ2n) is 5.11. The molecule has 100 valence electrons. The second kappa shape index (κ2) is 5.93. The number of rotatable bonds is 3. The summed E-state index contributed by atoms with van der Waals surface area (Å²) in [5, 5.41) is 5.96. The van der Waals surface area contributed by atoms with Crippen LogP contribution in [-0.2, 0) is 0 Å². The summed E-state index contributed by atoms with van der Waals surface area (Å²) < 4.78 is 7.02. The summed E-state index contributed by atoms with van der Waals surface area (Å²) in [6, 6.07) is 13.1. The zero-order valence-electron chi connectivity index (χ0n) is 10.9. The van der Waals surface area contributed by atoms with Crippen molar-refractivity contribution in [1.82, 2.24) is 5.32 Å². The summed E-state index contributed by atoms with van der Waals surface area (Å²) in [7, 11) is 0. The van der Waals surface area contributed by atoms with Crippen molar-refractivity contribution in [2.75, 3.05) is 13.2 Å². The number of hydrogen-bond donors (Lipinski definition) is 1. The molecule has 1 heterocycles. The Morgan fingerprint density at radius 3 is 2.79 bits per heavy atom. The molecule has 1 fully saturated rings. The summed E-state index contributed by atoms with van der Waals surface area (Å²) in [6.45, 7) is 1.89. The van der Waals surface area contributed by atoms with Gasteiger partial charge in [0.25, 0.3) is 0 Å². The number of fused-ring (bicyclic) bond motifs is 1. The fourth-order valence-corrected chi connectivity index (χ4v) is 2.93. The summed E-state index contributed by atoms with van der Waals surface area (Å²) in [5.41, 5.74) is 0. The van der Waals surface area contributed by atoms with E-state index in [1.165, 1.54) is 30.0 Å². The Hall–Kier alpha value is -1.06. The van der Waals surface area contributed by atoms with Crippen molar-refractivity contribution in [1.29, 1.82) is 0 Å². The van der Waals surface area contributed by atoms with Crippen LogP contribution in [0.4, 0.5) is 0 Å². The van der Waals surface area contributed by atoms with Gasteiger partial charge in [-0.3, -0.25) is 0 Å². The number of halogens is 1. The van der Waals surface area contributed by atoms with Crippen LogP contribution in [0.25, 0.3) is 10.8 Å². The minimum Gasteiger partial charge on any atom is -0.492 e. The van der Waals surface area contributed by atoms with E-state index in [-0.39, 0.29) is 0 Å². The van der Waals surface area contributed by atoms with Gasteiger partial charge in [-0.1, -0.05) is 34.5 Å². The van der Waals surface area contributed by atoms with E-state index in [0.717, 1.165) is 23.4 Å². The highest BCUT2D eigenvalue weighted by atomic mass is 79.9. The van der Waals surface area contributed by atoms with Gasteiger partial charge in [0.2, 0.25) is 0 Å². The highest BCUT2D eigenvalue weighted by Crippen LogP contribution is 2.24. The number of piperidine rings is 1. The Morgan fingerprint density at radius 2 is 1.95 bits per heavy atom. The van der Waals surface area contributed by atoms with Crippen LogP contribution in [0.3, 0.4) is 0 Å². The molecule has 1 atom stereocenters. The third-order valence-corrected chi connectivity index (χ3v) is 4.13. The fourth-order valence-electron chi connectivity index (χ4n) is 2.55.